The average molecular weight is 321 g/mol. The van der Waals surface area contributed by atoms with E-state index in [1.807, 2.05) is 37.3 Å². The van der Waals surface area contributed by atoms with E-state index in [-0.39, 0.29) is 5.88 Å². The lowest BCUT2D eigenvalue weighted by Gasteiger charge is -2.10. The largest absolute Gasteiger partial charge is 0.437 e. The Bertz CT molecular complexity index is 886. The highest BCUT2D eigenvalue weighted by Gasteiger charge is 2.10. The first kappa shape index (κ1) is 15.1. The number of rotatable bonds is 3. The molecule has 0 spiro atoms. The van der Waals surface area contributed by atoms with Crippen molar-refractivity contribution in [3.8, 4) is 28.8 Å². The molecule has 3 nitrogen and oxygen atoms in total. The molecule has 0 fully saturated rings. The summed E-state index contributed by atoms with van der Waals surface area (Å²) in [5.74, 6) is 0.920. The van der Waals surface area contributed by atoms with Crippen molar-refractivity contribution in [3.63, 3.8) is 0 Å². The van der Waals surface area contributed by atoms with E-state index in [9.17, 15) is 5.26 Å². The van der Waals surface area contributed by atoms with Crippen molar-refractivity contribution in [2.24, 2.45) is 0 Å². The fraction of sp³-hybridized carbons (Fsp3) is 0.0526. The van der Waals surface area contributed by atoms with Crippen molar-refractivity contribution in [1.82, 2.24) is 4.98 Å². The van der Waals surface area contributed by atoms with Gasteiger partial charge in [-0.1, -0.05) is 41.9 Å². The maximum atomic E-state index is 9.39. The first-order valence-electron chi connectivity index (χ1n) is 7.07. The van der Waals surface area contributed by atoms with Crippen LogP contribution in [0, 0.1) is 18.3 Å². The Labute approximate surface area is 139 Å². The third kappa shape index (κ3) is 3.33. The third-order valence-electron chi connectivity index (χ3n) is 3.42. The van der Waals surface area contributed by atoms with Crippen LogP contribution in [0.4, 0.5) is 0 Å². The van der Waals surface area contributed by atoms with Gasteiger partial charge in [0.2, 0.25) is 5.88 Å². The van der Waals surface area contributed by atoms with Gasteiger partial charge in [0.05, 0.1) is 0 Å². The quantitative estimate of drug-likeness (QED) is 0.651. The van der Waals surface area contributed by atoms with E-state index in [4.69, 9.17) is 16.3 Å². The van der Waals surface area contributed by atoms with E-state index < -0.39 is 0 Å². The molecule has 0 radical (unpaired) electrons. The monoisotopic (exact) mass is 320 g/mol. The first-order chi connectivity index (χ1) is 11.2. The molecule has 0 aliphatic heterocycles. The molecule has 1 aromatic heterocycles. The van der Waals surface area contributed by atoms with Gasteiger partial charge in [-0.2, -0.15) is 5.26 Å². The maximum Gasteiger partial charge on any atom is 0.237 e. The minimum atomic E-state index is 0.289. The molecular formula is C19H13ClN2O. The summed E-state index contributed by atoms with van der Waals surface area (Å²) < 4.78 is 5.78. The highest BCUT2D eigenvalue weighted by Crippen LogP contribution is 2.30. The number of hydrogen-bond donors (Lipinski definition) is 0. The van der Waals surface area contributed by atoms with Gasteiger partial charge in [0.25, 0.3) is 0 Å². The zero-order valence-corrected chi connectivity index (χ0v) is 13.2. The second-order valence-corrected chi connectivity index (χ2v) is 5.50. The Morgan fingerprint density at radius 2 is 1.83 bits per heavy atom. The summed E-state index contributed by atoms with van der Waals surface area (Å²) in [6.45, 7) is 1.89. The minimum absolute atomic E-state index is 0.289. The minimum Gasteiger partial charge on any atom is -0.437 e. The van der Waals surface area contributed by atoms with Crippen LogP contribution in [-0.2, 0) is 0 Å². The van der Waals surface area contributed by atoms with Crippen LogP contribution in [0.2, 0.25) is 5.02 Å². The zero-order valence-electron chi connectivity index (χ0n) is 12.5. The number of aryl methyl sites for hydroxylation is 1. The topological polar surface area (TPSA) is 45.9 Å². The van der Waals surface area contributed by atoms with Gasteiger partial charge in [-0.25, -0.2) is 4.98 Å². The van der Waals surface area contributed by atoms with Crippen LogP contribution < -0.4 is 4.74 Å². The lowest BCUT2D eigenvalue weighted by molar-refractivity contribution is 0.458. The molecule has 0 unspecified atom stereocenters. The number of hydrogen-bond acceptors (Lipinski definition) is 3. The van der Waals surface area contributed by atoms with Crippen molar-refractivity contribution in [2.75, 3.05) is 0 Å². The summed E-state index contributed by atoms with van der Waals surface area (Å²) in [4.78, 5) is 4.31. The first-order valence-corrected chi connectivity index (χ1v) is 7.45. The van der Waals surface area contributed by atoms with Crippen LogP contribution in [0.5, 0.6) is 11.6 Å². The SMILES string of the molecule is Cc1cc(Cl)ccc1Oc1ncc(-c2ccccc2)cc1C#N. The average Bonchev–Trinajstić information content (AvgIpc) is 2.58. The molecular weight excluding hydrogens is 308 g/mol. The van der Waals surface area contributed by atoms with Crippen LogP contribution in [0.1, 0.15) is 11.1 Å². The fourth-order valence-corrected chi connectivity index (χ4v) is 2.46. The molecule has 112 valence electrons. The molecule has 1 heterocycles. The smallest absolute Gasteiger partial charge is 0.237 e. The van der Waals surface area contributed by atoms with E-state index in [1.165, 1.54) is 0 Å². The van der Waals surface area contributed by atoms with Gasteiger partial charge in [0.15, 0.2) is 0 Å². The second-order valence-electron chi connectivity index (χ2n) is 5.07. The lowest BCUT2D eigenvalue weighted by Crippen LogP contribution is -1.94. The maximum absolute atomic E-state index is 9.39. The van der Waals surface area contributed by atoms with E-state index in [0.29, 0.717) is 16.3 Å². The Kier molecular flexibility index (Phi) is 4.27. The van der Waals surface area contributed by atoms with Gasteiger partial charge in [0.1, 0.15) is 17.4 Å². The molecule has 0 atom stereocenters. The molecule has 0 amide bonds. The Balaban J connectivity index is 1.96. The van der Waals surface area contributed by atoms with Crippen LogP contribution in [0.15, 0.2) is 60.8 Å². The molecule has 0 aliphatic carbocycles. The number of ether oxygens (including phenoxy) is 1. The molecule has 3 aromatic rings. The normalized spacial score (nSPS) is 10.1. The van der Waals surface area contributed by atoms with Crippen molar-refractivity contribution >= 4 is 11.6 Å². The van der Waals surface area contributed by atoms with E-state index in [2.05, 4.69) is 11.1 Å². The molecule has 0 aliphatic rings. The highest BCUT2D eigenvalue weighted by molar-refractivity contribution is 6.30. The van der Waals surface area contributed by atoms with Crippen LogP contribution in [0.25, 0.3) is 11.1 Å². The third-order valence-corrected chi connectivity index (χ3v) is 3.66. The molecule has 4 heteroatoms. The molecule has 2 aromatic carbocycles. The van der Waals surface area contributed by atoms with Gasteiger partial charge in [-0.3, -0.25) is 0 Å². The van der Waals surface area contributed by atoms with Crippen molar-refractivity contribution < 1.29 is 4.74 Å². The summed E-state index contributed by atoms with van der Waals surface area (Å²) in [6.07, 6.45) is 1.71. The molecule has 3 rings (SSSR count). The van der Waals surface area contributed by atoms with E-state index in [1.54, 1.807) is 30.5 Å². The Morgan fingerprint density at radius 1 is 1.04 bits per heavy atom. The van der Waals surface area contributed by atoms with Crippen LogP contribution in [0.3, 0.4) is 0 Å². The number of halogens is 1. The van der Waals surface area contributed by atoms with E-state index >= 15 is 0 Å². The summed E-state index contributed by atoms with van der Waals surface area (Å²) >= 11 is 5.94. The number of nitrogens with zero attached hydrogens (tertiary/aromatic N) is 2. The van der Waals surface area contributed by atoms with Crippen molar-refractivity contribution in [2.45, 2.75) is 6.92 Å². The molecule has 0 saturated carbocycles. The number of pyridine rings is 1. The molecule has 0 N–H and O–H groups in total. The Morgan fingerprint density at radius 3 is 2.52 bits per heavy atom. The molecule has 0 bridgehead atoms. The Hall–Kier alpha value is -2.83. The predicted octanol–water partition coefficient (Wildman–Crippen LogP) is 5.37. The fourth-order valence-electron chi connectivity index (χ4n) is 2.23. The molecule has 0 saturated heterocycles. The number of nitriles is 1. The summed E-state index contributed by atoms with van der Waals surface area (Å²) in [7, 11) is 0. The summed E-state index contributed by atoms with van der Waals surface area (Å²) in [5, 5.41) is 10.0. The second kappa shape index (κ2) is 6.51. The lowest BCUT2D eigenvalue weighted by atomic mass is 10.1. The molecule has 23 heavy (non-hydrogen) atoms. The van der Waals surface area contributed by atoms with Gasteiger partial charge >= 0.3 is 0 Å². The zero-order chi connectivity index (χ0) is 16.2. The summed E-state index contributed by atoms with van der Waals surface area (Å²) in [6, 6.07) is 19.0. The van der Waals surface area contributed by atoms with Gasteiger partial charge in [-0.05, 0) is 42.3 Å². The van der Waals surface area contributed by atoms with Gasteiger partial charge in [0, 0.05) is 16.8 Å². The number of aromatic nitrogens is 1. The predicted molar refractivity (Wildman–Crippen MR) is 90.7 cm³/mol. The van der Waals surface area contributed by atoms with Gasteiger partial charge < -0.3 is 4.74 Å². The number of benzene rings is 2. The van der Waals surface area contributed by atoms with Crippen LogP contribution >= 0.6 is 11.6 Å². The summed E-state index contributed by atoms with van der Waals surface area (Å²) in [5.41, 5.74) is 3.16. The van der Waals surface area contributed by atoms with Crippen molar-refractivity contribution in [1.29, 1.82) is 5.26 Å². The standard InChI is InChI=1S/C19H13ClN2O/c1-13-9-17(20)7-8-18(13)23-19-15(11-21)10-16(12-22-19)14-5-3-2-4-6-14/h2-10,12H,1H3. The van der Waals surface area contributed by atoms with Crippen LogP contribution in [-0.4, -0.2) is 4.98 Å². The van der Waals surface area contributed by atoms with Crippen molar-refractivity contribution in [3.05, 3.63) is 76.9 Å². The van der Waals surface area contributed by atoms with Gasteiger partial charge in [-0.15, -0.1) is 0 Å². The van der Waals surface area contributed by atoms with E-state index in [0.717, 1.165) is 16.7 Å². The highest BCUT2D eigenvalue weighted by atomic mass is 35.5.